The van der Waals surface area contributed by atoms with E-state index < -0.39 is 10.9 Å². The Hall–Kier alpha value is -2.96. The van der Waals surface area contributed by atoms with Gasteiger partial charge in [0.1, 0.15) is 17.1 Å². The molecule has 1 aromatic carbocycles. The van der Waals surface area contributed by atoms with Crippen LogP contribution in [0.3, 0.4) is 0 Å². The Labute approximate surface area is 120 Å². The molecule has 0 fully saturated rings. The average Bonchev–Trinajstić information content (AvgIpc) is 2.42. The first-order chi connectivity index (χ1) is 9.90. The maximum Gasteiger partial charge on any atom is 0.341 e. The van der Waals surface area contributed by atoms with Gasteiger partial charge in [0.05, 0.1) is 4.92 Å². The van der Waals surface area contributed by atoms with Gasteiger partial charge in [-0.1, -0.05) is 0 Å². The fraction of sp³-hybridized carbons (Fsp3) is 0.143. The Morgan fingerprint density at radius 3 is 2.62 bits per heavy atom. The zero-order valence-electron chi connectivity index (χ0n) is 11.4. The fourth-order valence-corrected chi connectivity index (χ4v) is 1.83. The van der Waals surface area contributed by atoms with Gasteiger partial charge >= 0.3 is 5.97 Å². The van der Waals surface area contributed by atoms with Crippen molar-refractivity contribution in [3.05, 3.63) is 57.4 Å². The number of aromatic carboxylic acids is 1. The highest BCUT2D eigenvalue weighted by atomic mass is 16.6. The second-order valence-electron chi connectivity index (χ2n) is 4.44. The summed E-state index contributed by atoms with van der Waals surface area (Å²) in [6.45, 7) is 3.25. The molecule has 1 aromatic heterocycles. The van der Waals surface area contributed by atoms with E-state index >= 15 is 0 Å². The number of ether oxygens (including phenoxy) is 1. The van der Waals surface area contributed by atoms with E-state index in [1.165, 1.54) is 30.6 Å². The number of nitro groups is 1. The standard InChI is InChI=1S/C14H12N2O5/c1-8-6-13(9(2)5-11(8)16(19)20)21-12-3-4-15-7-10(12)14(17)18/h3-7H,1-2H3,(H,17,18). The molecule has 0 aliphatic rings. The summed E-state index contributed by atoms with van der Waals surface area (Å²) >= 11 is 0. The van der Waals surface area contributed by atoms with Crippen molar-refractivity contribution in [2.24, 2.45) is 0 Å². The highest BCUT2D eigenvalue weighted by Crippen LogP contribution is 2.32. The molecule has 0 bridgehead atoms. The summed E-state index contributed by atoms with van der Waals surface area (Å²) in [5.41, 5.74) is 0.896. The van der Waals surface area contributed by atoms with Crippen LogP contribution < -0.4 is 4.74 Å². The van der Waals surface area contributed by atoms with Crippen LogP contribution in [0.1, 0.15) is 21.5 Å². The smallest absolute Gasteiger partial charge is 0.341 e. The Balaban J connectivity index is 2.44. The maximum absolute atomic E-state index is 11.1. The number of carboxylic acids is 1. The largest absolute Gasteiger partial charge is 0.477 e. The summed E-state index contributed by atoms with van der Waals surface area (Å²) in [4.78, 5) is 25.2. The van der Waals surface area contributed by atoms with Crippen LogP contribution in [0, 0.1) is 24.0 Å². The average molecular weight is 288 g/mol. The minimum atomic E-state index is -1.16. The zero-order chi connectivity index (χ0) is 15.6. The summed E-state index contributed by atoms with van der Waals surface area (Å²) in [5, 5.41) is 19.9. The minimum absolute atomic E-state index is 0.00645. The summed E-state index contributed by atoms with van der Waals surface area (Å²) in [6.07, 6.45) is 2.60. The van der Waals surface area contributed by atoms with Crippen molar-refractivity contribution in [3.63, 3.8) is 0 Å². The lowest BCUT2D eigenvalue weighted by atomic mass is 10.1. The molecule has 21 heavy (non-hydrogen) atoms. The normalized spacial score (nSPS) is 10.2. The number of benzene rings is 1. The first-order valence-electron chi connectivity index (χ1n) is 6.01. The van der Waals surface area contributed by atoms with Gasteiger partial charge in [0.25, 0.3) is 5.69 Å². The number of nitro benzene ring substituents is 1. The Bertz CT molecular complexity index is 727. The van der Waals surface area contributed by atoms with E-state index in [9.17, 15) is 14.9 Å². The molecule has 1 N–H and O–H groups in total. The first-order valence-corrected chi connectivity index (χ1v) is 6.01. The topological polar surface area (TPSA) is 103 Å². The molecule has 2 aromatic rings. The monoisotopic (exact) mass is 288 g/mol. The van der Waals surface area contributed by atoms with Crippen molar-refractivity contribution in [2.75, 3.05) is 0 Å². The quantitative estimate of drug-likeness (QED) is 0.685. The third-order valence-electron chi connectivity index (χ3n) is 2.92. The molecule has 7 heteroatoms. The number of nitrogens with zero attached hydrogens (tertiary/aromatic N) is 2. The predicted molar refractivity (Wildman–Crippen MR) is 73.8 cm³/mol. The van der Waals surface area contributed by atoms with Gasteiger partial charge in [0.2, 0.25) is 0 Å². The molecule has 0 unspecified atom stereocenters. The van der Waals surface area contributed by atoms with Crippen molar-refractivity contribution in [3.8, 4) is 11.5 Å². The van der Waals surface area contributed by atoms with Crippen LogP contribution in [0.15, 0.2) is 30.6 Å². The van der Waals surface area contributed by atoms with Crippen molar-refractivity contribution < 1.29 is 19.6 Å². The van der Waals surface area contributed by atoms with E-state index in [2.05, 4.69) is 4.98 Å². The van der Waals surface area contributed by atoms with Crippen molar-refractivity contribution in [1.82, 2.24) is 4.98 Å². The highest BCUT2D eigenvalue weighted by Gasteiger charge is 2.17. The summed E-state index contributed by atoms with van der Waals surface area (Å²) in [7, 11) is 0. The van der Waals surface area contributed by atoms with Gasteiger partial charge in [-0.2, -0.15) is 0 Å². The van der Waals surface area contributed by atoms with Crippen molar-refractivity contribution in [2.45, 2.75) is 13.8 Å². The summed E-state index contributed by atoms with van der Waals surface area (Å²) in [5.74, 6) is -0.657. The van der Waals surface area contributed by atoms with Crippen molar-refractivity contribution >= 4 is 11.7 Å². The van der Waals surface area contributed by atoms with E-state index in [-0.39, 0.29) is 17.0 Å². The van der Waals surface area contributed by atoms with E-state index in [1.54, 1.807) is 13.8 Å². The van der Waals surface area contributed by atoms with E-state index in [1.807, 2.05) is 0 Å². The lowest BCUT2D eigenvalue weighted by molar-refractivity contribution is -0.385. The van der Waals surface area contributed by atoms with E-state index in [0.29, 0.717) is 16.9 Å². The van der Waals surface area contributed by atoms with Gasteiger partial charge in [-0.25, -0.2) is 4.79 Å². The van der Waals surface area contributed by atoms with Crippen LogP contribution in [-0.4, -0.2) is 21.0 Å². The number of carboxylic acid groups (broad SMARTS) is 1. The van der Waals surface area contributed by atoms with Crippen molar-refractivity contribution in [1.29, 1.82) is 0 Å². The van der Waals surface area contributed by atoms with E-state index in [0.717, 1.165) is 0 Å². The number of hydrogen-bond donors (Lipinski definition) is 1. The minimum Gasteiger partial charge on any atom is -0.477 e. The zero-order valence-corrected chi connectivity index (χ0v) is 11.4. The number of aryl methyl sites for hydroxylation is 2. The molecular weight excluding hydrogens is 276 g/mol. The second-order valence-corrected chi connectivity index (χ2v) is 4.44. The predicted octanol–water partition coefficient (Wildman–Crippen LogP) is 3.10. The number of rotatable bonds is 4. The first kappa shape index (κ1) is 14.4. The molecule has 0 saturated heterocycles. The maximum atomic E-state index is 11.1. The van der Waals surface area contributed by atoms with Gasteiger partial charge in [0, 0.05) is 30.1 Å². The molecule has 7 nitrogen and oxygen atoms in total. The molecule has 0 amide bonds. The molecule has 1 heterocycles. The number of pyridine rings is 1. The van der Waals surface area contributed by atoms with E-state index in [4.69, 9.17) is 9.84 Å². The third-order valence-corrected chi connectivity index (χ3v) is 2.92. The van der Waals surface area contributed by atoms with Gasteiger partial charge in [-0.05, 0) is 25.5 Å². The fourth-order valence-electron chi connectivity index (χ4n) is 1.83. The molecule has 0 saturated carbocycles. The third kappa shape index (κ3) is 2.97. The molecule has 2 rings (SSSR count). The van der Waals surface area contributed by atoms with Gasteiger partial charge in [-0.3, -0.25) is 15.1 Å². The Kier molecular flexibility index (Phi) is 3.84. The summed E-state index contributed by atoms with van der Waals surface area (Å²) < 4.78 is 5.57. The Morgan fingerprint density at radius 1 is 1.29 bits per heavy atom. The van der Waals surface area contributed by atoms with Gasteiger partial charge in [0.15, 0.2) is 0 Å². The highest BCUT2D eigenvalue weighted by molar-refractivity contribution is 5.90. The summed E-state index contributed by atoms with van der Waals surface area (Å²) in [6, 6.07) is 4.34. The lowest BCUT2D eigenvalue weighted by Gasteiger charge is -2.11. The van der Waals surface area contributed by atoms with Crippen LogP contribution in [0.2, 0.25) is 0 Å². The van der Waals surface area contributed by atoms with Crippen LogP contribution in [-0.2, 0) is 0 Å². The SMILES string of the molecule is Cc1cc([N+](=O)[O-])c(C)cc1Oc1ccncc1C(=O)O. The number of aromatic nitrogens is 1. The molecule has 0 aliphatic carbocycles. The van der Waals surface area contributed by atoms with Crippen LogP contribution in [0.5, 0.6) is 11.5 Å². The van der Waals surface area contributed by atoms with Crippen LogP contribution in [0.4, 0.5) is 5.69 Å². The van der Waals surface area contributed by atoms with Crippen LogP contribution in [0.25, 0.3) is 0 Å². The Morgan fingerprint density at radius 2 is 2.00 bits per heavy atom. The van der Waals surface area contributed by atoms with Gasteiger partial charge < -0.3 is 9.84 Å². The molecule has 0 aliphatic heterocycles. The van der Waals surface area contributed by atoms with Gasteiger partial charge in [-0.15, -0.1) is 0 Å². The second kappa shape index (κ2) is 5.58. The number of hydrogen-bond acceptors (Lipinski definition) is 5. The number of carbonyl (C=O) groups is 1. The molecule has 0 atom stereocenters. The molecule has 0 spiro atoms. The lowest BCUT2D eigenvalue weighted by Crippen LogP contribution is -2.02. The van der Waals surface area contributed by atoms with Crippen LogP contribution >= 0.6 is 0 Å². The molecule has 0 radical (unpaired) electrons. The molecular formula is C14H12N2O5. The molecule has 108 valence electrons.